The van der Waals surface area contributed by atoms with Crippen LogP contribution in [0.3, 0.4) is 0 Å². The Bertz CT molecular complexity index is 708. The number of benzene rings is 2. The molecule has 2 aromatic carbocycles. The standard InChI is InChI=1S/C21H25NO2/c1-15-6-9-18(10-7-15)19-5-3-4-17(12-19)13-22-14-20(21(23)24)11-8-16(22)2/h3-7,9-10,12,16,20H,8,11,13-14H2,1-2H3,(H,23,24). The number of hydrogen-bond donors (Lipinski definition) is 1. The Hall–Kier alpha value is -2.13. The van der Waals surface area contributed by atoms with Gasteiger partial charge in [-0.1, -0.05) is 48.0 Å². The number of carboxylic acid groups (broad SMARTS) is 1. The fraction of sp³-hybridized carbons (Fsp3) is 0.381. The third-order valence-corrected chi connectivity index (χ3v) is 5.06. The van der Waals surface area contributed by atoms with E-state index in [0.29, 0.717) is 12.6 Å². The molecule has 0 aromatic heterocycles. The van der Waals surface area contributed by atoms with Gasteiger partial charge >= 0.3 is 5.97 Å². The Morgan fingerprint density at radius 1 is 1.12 bits per heavy atom. The van der Waals surface area contributed by atoms with Gasteiger partial charge in [-0.3, -0.25) is 9.69 Å². The lowest BCUT2D eigenvalue weighted by atomic mass is 9.93. The number of piperidine rings is 1. The number of carbonyl (C=O) groups is 1. The monoisotopic (exact) mass is 323 g/mol. The Labute approximate surface area is 143 Å². The van der Waals surface area contributed by atoms with Gasteiger partial charge in [-0.2, -0.15) is 0 Å². The van der Waals surface area contributed by atoms with Crippen LogP contribution in [0.2, 0.25) is 0 Å². The molecule has 2 atom stereocenters. The highest BCUT2D eigenvalue weighted by Gasteiger charge is 2.29. The first-order valence-electron chi connectivity index (χ1n) is 8.66. The molecule has 1 saturated heterocycles. The summed E-state index contributed by atoms with van der Waals surface area (Å²) in [5.74, 6) is -0.901. The van der Waals surface area contributed by atoms with Gasteiger partial charge in [-0.15, -0.1) is 0 Å². The minimum absolute atomic E-state index is 0.235. The number of likely N-dealkylation sites (tertiary alicyclic amines) is 1. The highest BCUT2D eigenvalue weighted by atomic mass is 16.4. The Morgan fingerprint density at radius 3 is 2.58 bits per heavy atom. The van der Waals surface area contributed by atoms with Crippen molar-refractivity contribution in [1.82, 2.24) is 4.90 Å². The van der Waals surface area contributed by atoms with E-state index in [1.165, 1.54) is 22.3 Å². The molecule has 1 heterocycles. The number of nitrogens with zero attached hydrogens (tertiary/aromatic N) is 1. The minimum atomic E-state index is -0.666. The van der Waals surface area contributed by atoms with Crippen LogP contribution in [-0.4, -0.2) is 28.6 Å². The van der Waals surface area contributed by atoms with Crippen LogP contribution in [0.1, 0.15) is 30.9 Å². The molecular formula is C21H25NO2. The Kier molecular flexibility index (Phi) is 5.00. The Balaban J connectivity index is 1.76. The van der Waals surface area contributed by atoms with Crippen LogP contribution in [0.15, 0.2) is 48.5 Å². The second-order valence-electron chi connectivity index (χ2n) is 6.96. The van der Waals surface area contributed by atoms with E-state index in [9.17, 15) is 9.90 Å². The molecule has 1 N–H and O–H groups in total. The van der Waals surface area contributed by atoms with E-state index >= 15 is 0 Å². The lowest BCUT2D eigenvalue weighted by Gasteiger charge is -2.36. The van der Waals surface area contributed by atoms with E-state index in [-0.39, 0.29) is 5.92 Å². The number of carboxylic acids is 1. The molecule has 0 radical (unpaired) electrons. The molecular weight excluding hydrogens is 298 g/mol. The zero-order valence-electron chi connectivity index (χ0n) is 14.4. The van der Waals surface area contributed by atoms with E-state index in [0.717, 1.165) is 19.4 Å². The molecule has 1 aliphatic rings. The van der Waals surface area contributed by atoms with Crippen LogP contribution in [0.5, 0.6) is 0 Å². The van der Waals surface area contributed by atoms with Gasteiger partial charge in [0, 0.05) is 19.1 Å². The largest absolute Gasteiger partial charge is 0.481 e. The molecule has 1 fully saturated rings. The van der Waals surface area contributed by atoms with Gasteiger partial charge in [0.25, 0.3) is 0 Å². The molecule has 0 aliphatic carbocycles. The fourth-order valence-electron chi connectivity index (χ4n) is 3.43. The van der Waals surface area contributed by atoms with Crippen LogP contribution in [0, 0.1) is 12.8 Å². The van der Waals surface area contributed by atoms with Crippen molar-refractivity contribution in [2.75, 3.05) is 6.54 Å². The summed E-state index contributed by atoms with van der Waals surface area (Å²) in [7, 11) is 0. The Morgan fingerprint density at radius 2 is 1.88 bits per heavy atom. The first-order chi connectivity index (χ1) is 11.5. The summed E-state index contributed by atoms with van der Waals surface area (Å²) in [6, 6.07) is 17.6. The molecule has 2 unspecified atom stereocenters. The molecule has 1 aliphatic heterocycles. The highest BCUT2D eigenvalue weighted by Crippen LogP contribution is 2.26. The molecule has 2 aromatic rings. The zero-order chi connectivity index (χ0) is 17.1. The van der Waals surface area contributed by atoms with Gasteiger partial charge in [0.15, 0.2) is 0 Å². The summed E-state index contributed by atoms with van der Waals surface area (Å²) in [5, 5.41) is 9.30. The average Bonchev–Trinajstić information content (AvgIpc) is 2.57. The second kappa shape index (κ2) is 7.18. The van der Waals surface area contributed by atoms with Gasteiger partial charge < -0.3 is 5.11 Å². The number of aryl methyl sites for hydroxylation is 1. The van der Waals surface area contributed by atoms with Crippen molar-refractivity contribution in [3.63, 3.8) is 0 Å². The predicted octanol–water partition coefficient (Wildman–Crippen LogP) is 4.35. The van der Waals surface area contributed by atoms with Crippen LogP contribution >= 0.6 is 0 Å². The zero-order valence-corrected chi connectivity index (χ0v) is 14.4. The number of rotatable bonds is 4. The van der Waals surface area contributed by atoms with Gasteiger partial charge in [0.05, 0.1) is 5.92 Å². The topological polar surface area (TPSA) is 40.5 Å². The summed E-state index contributed by atoms with van der Waals surface area (Å²) in [6.07, 6.45) is 1.74. The van der Waals surface area contributed by atoms with Gasteiger partial charge in [-0.25, -0.2) is 0 Å². The highest BCUT2D eigenvalue weighted by molar-refractivity contribution is 5.70. The van der Waals surface area contributed by atoms with Crippen molar-refractivity contribution in [2.45, 2.75) is 39.3 Å². The summed E-state index contributed by atoms with van der Waals surface area (Å²) in [5.41, 5.74) is 4.94. The lowest BCUT2D eigenvalue weighted by Crippen LogP contribution is -2.43. The SMILES string of the molecule is Cc1ccc(-c2cccc(CN3CC(C(=O)O)CCC3C)c2)cc1. The van der Waals surface area contributed by atoms with Crippen LogP contribution in [-0.2, 0) is 11.3 Å². The third-order valence-electron chi connectivity index (χ3n) is 5.06. The molecule has 3 nitrogen and oxygen atoms in total. The van der Waals surface area contributed by atoms with E-state index in [1.54, 1.807) is 0 Å². The maximum Gasteiger partial charge on any atom is 0.307 e. The number of hydrogen-bond acceptors (Lipinski definition) is 2. The molecule has 0 amide bonds. The van der Waals surface area contributed by atoms with Gasteiger partial charge in [-0.05, 0) is 49.4 Å². The molecule has 3 rings (SSSR count). The smallest absolute Gasteiger partial charge is 0.307 e. The third kappa shape index (κ3) is 3.85. The van der Waals surface area contributed by atoms with Crippen molar-refractivity contribution in [3.05, 3.63) is 59.7 Å². The maximum absolute atomic E-state index is 11.3. The second-order valence-corrected chi connectivity index (χ2v) is 6.96. The molecule has 0 bridgehead atoms. The summed E-state index contributed by atoms with van der Waals surface area (Å²) in [4.78, 5) is 13.6. The van der Waals surface area contributed by atoms with E-state index in [1.807, 2.05) is 0 Å². The quantitative estimate of drug-likeness (QED) is 0.909. The van der Waals surface area contributed by atoms with E-state index < -0.39 is 5.97 Å². The molecule has 0 spiro atoms. The fourth-order valence-corrected chi connectivity index (χ4v) is 3.43. The van der Waals surface area contributed by atoms with Crippen molar-refractivity contribution in [1.29, 1.82) is 0 Å². The summed E-state index contributed by atoms with van der Waals surface area (Å²) >= 11 is 0. The average molecular weight is 323 g/mol. The normalized spacial score (nSPS) is 21.6. The summed E-state index contributed by atoms with van der Waals surface area (Å²) in [6.45, 7) is 5.74. The van der Waals surface area contributed by atoms with Crippen LogP contribution < -0.4 is 0 Å². The molecule has 24 heavy (non-hydrogen) atoms. The molecule has 126 valence electrons. The molecule has 0 saturated carbocycles. The van der Waals surface area contributed by atoms with Crippen molar-refractivity contribution in [2.24, 2.45) is 5.92 Å². The van der Waals surface area contributed by atoms with E-state index in [4.69, 9.17) is 0 Å². The van der Waals surface area contributed by atoms with Crippen molar-refractivity contribution in [3.8, 4) is 11.1 Å². The maximum atomic E-state index is 11.3. The van der Waals surface area contributed by atoms with E-state index in [2.05, 4.69) is 67.3 Å². The number of aliphatic carboxylic acids is 1. The van der Waals surface area contributed by atoms with Crippen molar-refractivity contribution < 1.29 is 9.90 Å². The lowest BCUT2D eigenvalue weighted by molar-refractivity contribution is -0.144. The van der Waals surface area contributed by atoms with Gasteiger partial charge in [0.1, 0.15) is 0 Å². The van der Waals surface area contributed by atoms with Crippen LogP contribution in [0.4, 0.5) is 0 Å². The first kappa shape index (κ1) is 16.7. The van der Waals surface area contributed by atoms with Crippen LogP contribution in [0.25, 0.3) is 11.1 Å². The summed E-state index contributed by atoms with van der Waals surface area (Å²) < 4.78 is 0. The minimum Gasteiger partial charge on any atom is -0.481 e. The van der Waals surface area contributed by atoms with Gasteiger partial charge in [0.2, 0.25) is 0 Å². The van der Waals surface area contributed by atoms with Crippen molar-refractivity contribution >= 4 is 5.97 Å². The first-order valence-corrected chi connectivity index (χ1v) is 8.66. The predicted molar refractivity (Wildman–Crippen MR) is 96.8 cm³/mol. The molecule has 3 heteroatoms.